The highest BCUT2D eigenvalue weighted by atomic mass is 35.5. The van der Waals surface area contributed by atoms with Crippen molar-refractivity contribution in [2.24, 2.45) is 0 Å². The minimum Gasteiger partial charge on any atom is -0.486 e. The first-order chi connectivity index (χ1) is 12.9. The average molecular weight is 389 g/mol. The third kappa shape index (κ3) is 4.60. The molecule has 0 saturated carbocycles. The van der Waals surface area contributed by atoms with E-state index in [0.717, 1.165) is 0 Å². The van der Waals surface area contributed by atoms with Gasteiger partial charge in [-0.1, -0.05) is 17.7 Å². The molecule has 1 N–H and O–H groups in total. The first kappa shape index (κ1) is 18.8. The van der Waals surface area contributed by atoms with Crippen molar-refractivity contribution in [1.29, 1.82) is 0 Å². The van der Waals surface area contributed by atoms with Crippen molar-refractivity contribution in [3.63, 3.8) is 0 Å². The molecule has 1 atom stereocenters. The van der Waals surface area contributed by atoms with Crippen LogP contribution in [-0.2, 0) is 4.79 Å². The summed E-state index contributed by atoms with van der Waals surface area (Å²) in [4.78, 5) is 23.1. The number of aliphatic carboxylic acids is 1. The van der Waals surface area contributed by atoms with Crippen molar-refractivity contribution in [3.05, 3.63) is 58.6 Å². The minimum atomic E-state index is -1.06. The molecule has 1 heterocycles. The van der Waals surface area contributed by atoms with Crippen LogP contribution in [0.2, 0.25) is 5.02 Å². The molecule has 0 aromatic heterocycles. The van der Waals surface area contributed by atoms with E-state index in [1.807, 2.05) is 0 Å². The van der Waals surface area contributed by atoms with E-state index in [-0.39, 0.29) is 5.78 Å². The zero-order valence-electron chi connectivity index (χ0n) is 14.5. The van der Waals surface area contributed by atoms with Crippen LogP contribution >= 0.6 is 11.6 Å². The summed E-state index contributed by atoms with van der Waals surface area (Å²) in [5.41, 5.74) is 1.16. The van der Waals surface area contributed by atoms with Gasteiger partial charge in [-0.2, -0.15) is 0 Å². The summed E-state index contributed by atoms with van der Waals surface area (Å²) < 4.78 is 16.2. The van der Waals surface area contributed by atoms with Gasteiger partial charge < -0.3 is 19.3 Å². The molecule has 3 rings (SSSR count). The number of fused-ring (bicyclic) bond motifs is 1. The van der Waals surface area contributed by atoms with E-state index < -0.39 is 12.1 Å². The lowest BCUT2D eigenvalue weighted by atomic mass is 10.1. The number of ketones is 1. The molecule has 0 aliphatic carbocycles. The molecule has 0 radical (unpaired) electrons. The maximum Gasteiger partial charge on any atom is 0.344 e. The second-order valence-corrected chi connectivity index (χ2v) is 6.25. The number of benzene rings is 2. The summed E-state index contributed by atoms with van der Waals surface area (Å²) in [5.74, 6) is 0.173. The van der Waals surface area contributed by atoms with Crippen LogP contribution in [0, 0.1) is 0 Å². The van der Waals surface area contributed by atoms with Gasteiger partial charge in [0.2, 0.25) is 0 Å². The Morgan fingerprint density at radius 2 is 1.89 bits per heavy atom. The lowest BCUT2D eigenvalue weighted by molar-refractivity contribution is -0.144. The van der Waals surface area contributed by atoms with Crippen LogP contribution in [0.25, 0.3) is 6.08 Å². The highest BCUT2D eigenvalue weighted by molar-refractivity contribution is 6.32. The fourth-order valence-electron chi connectivity index (χ4n) is 2.45. The van der Waals surface area contributed by atoms with Gasteiger partial charge in [0.1, 0.15) is 19.0 Å². The van der Waals surface area contributed by atoms with E-state index in [4.69, 9.17) is 30.9 Å². The Bertz CT molecular complexity index is 888. The monoisotopic (exact) mass is 388 g/mol. The van der Waals surface area contributed by atoms with Crippen LogP contribution in [0.1, 0.15) is 22.8 Å². The number of hydrogen-bond donors (Lipinski definition) is 1. The fourth-order valence-corrected chi connectivity index (χ4v) is 2.72. The molecular formula is C20H17ClO6. The van der Waals surface area contributed by atoms with Gasteiger partial charge in [0.15, 0.2) is 23.4 Å². The lowest BCUT2D eigenvalue weighted by Gasteiger charge is -2.19. The largest absolute Gasteiger partial charge is 0.486 e. The molecule has 140 valence electrons. The Balaban J connectivity index is 1.70. The number of carbonyl (C=O) groups is 2. The molecule has 6 nitrogen and oxygen atoms in total. The van der Waals surface area contributed by atoms with E-state index >= 15 is 0 Å². The SMILES string of the molecule is C[C@@H](Oc1ccc(C(=O)/C=C/c2cc(Cl)c3c(c2)OCCO3)cc1)C(=O)O. The number of carbonyl (C=O) groups excluding carboxylic acids is 1. The molecule has 0 amide bonds. The number of carboxylic acids is 1. The number of carboxylic acid groups (broad SMARTS) is 1. The Morgan fingerprint density at radius 1 is 1.19 bits per heavy atom. The number of rotatable bonds is 6. The minimum absolute atomic E-state index is 0.209. The van der Waals surface area contributed by atoms with Gasteiger partial charge in [-0.25, -0.2) is 4.79 Å². The summed E-state index contributed by atoms with van der Waals surface area (Å²) in [6, 6.07) is 9.72. The smallest absolute Gasteiger partial charge is 0.344 e. The highest BCUT2D eigenvalue weighted by Crippen LogP contribution is 2.38. The van der Waals surface area contributed by atoms with E-state index in [0.29, 0.717) is 46.6 Å². The molecule has 2 aromatic carbocycles. The van der Waals surface area contributed by atoms with Crippen LogP contribution in [0.4, 0.5) is 0 Å². The predicted octanol–water partition coefficient (Wildman–Crippen LogP) is 3.86. The topological polar surface area (TPSA) is 82.1 Å². The van der Waals surface area contributed by atoms with E-state index in [2.05, 4.69) is 0 Å². The van der Waals surface area contributed by atoms with Gasteiger partial charge in [0.25, 0.3) is 0 Å². The summed E-state index contributed by atoms with van der Waals surface area (Å²) in [7, 11) is 0. The van der Waals surface area contributed by atoms with Crippen molar-refractivity contribution < 1.29 is 28.9 Å². The van der Waals surface area contributed by atoms with Crippen LogP contribution in [0.5, 0.6) is 17.2 Å². The van der Waals surface area contributed by atoms with Crippen LogP contribution < -0.4 is 14.2 Å². The second kappa shape index (κ2) is 8.14. The van der Waals surface area contributed by atoms with Crippen LogP contribution in [-0.4, -0.2) is 36.2 Å². The van der Waals surface area contributed by atoms with Gasteiger partial charge in [-0.15, -0.1) is 0 Å². The normalized spacial score (nSPS) is 14.0. The van der Waals surface area contributed by atoms with Gasteiger partial charge in [0.05, 0.1) is 5.02 Å². The molecule has 2 aromatic rings. The number of allylic oxidation sites excluding steroid dienone is 1. The Labute approximate surface area is 160 Å². The average Bonchev–Trinajstić information content (AvgIpc) is 2.66. The van der Waals surface area contributed by atoms with Crippen molar-refractivity contribution in [1.82, 2.24) is 0 Å². The Morgan fingerprint density at radius 3 is 2.59 bits per heavy atom. The molecule has 27 heavy (non-hydrogen) atoms. The fraction of sp³-hybridized carbons (Fsp3) is 0.200. The summed E-state index contributed by atoms with van der Waals surface area (Å²) >= 11 is 6.18. The Kier molecular flexibility index (Phi) is 5.66. The number of hydrogen-bond acceptors (Lipinski definition) is 5. The molecule has 1 aliphatic rings. The summed E-state index contributed by atoms with van der Waals surface area (Å²) in [6.07, 6.45) is 2.10. The first-order valence-electron chi connectivity index (χ1n) is 8.25. The zero-order valence-corrected chi connectivity index (χ0v) is 15.2. The second-order valence-electron chi connectivity index (χ2n) is 5.85. The van der Waals surface area contributed by atoms with Gasteiger partial charge in [-0.05, 0) is 55.0 Å². The predicted molar refractivity (Wildman–Crippen MR) is 100.0 cm³/mol. The maximum atomic E-state index is 12.3. The van der Waals surface area contributed by atoms with E-state index in [1.54, 1.807) is 42.5 Å². The summed E-state index contributed by atoms with van der Waals surface area (Å²) in [6.45, 7) is 2.33. The zero-order chi connectivity index (χ0) is 19.4. The van der Waals surface area contributed by atoms with Gasteiger partial charge in [-0.3, -0.25) is 4.79 Å². The van der Waals surface area contributed by atoms with Crippen molar-refractivity contribution in [3.8, 4) is 17.2 Å². The molecular weight excluding hydrogens is 372 g/mol. The van der Waals surface area contributed by atoms with E-state index in [9.17, 15) is 9.59 Å². The molecule has 0 saturated heterocycles. The molecule has 0 bridgehead atoms. The summed E-state index contributed by atoms with van der Waals surface area (Å²) in [5, 5.41) is 9.27. The van der Waals surface area contributed by atoms with Crippen molar-refractivity contribution >= 4 is 29.4 Å². The van der Waals surface area contributed by atoms with Crippen molar-refractivity contribution in [2.45, 2.75) is 13.0 Å². The van der Waals surface area contributed by atoms with Crippen LogP contribution in [0.15, 0.2) is 42.5 Å². The van der Waals surface area contributed by atoms with Crippen LogP contribution in [0.3, 0.4) is 0 Å². The quantitative estimate of drug-likeness (QED) is 0.597. The van der Waals surface area contributed by atoms with Crippen molar-refractivity contribution in [2.75, 3.05) is 13.2 Å². The van der Waals surface area contributed by atoms with Gasteiger partial charge >= 0.3 is 5.97 Å². The molecule has 0 unspecified atom stereocenters. The molecule has 1 aliphatic heterocycles. The maximum absolute atomic E-state index is 12.3. The van der Waals surface area contributed by atoms with E-state index in [1.165, 1.54) is 13.0 Å². The van der Waals surface area contributed by atoms with Gasteiger partial charge in [0, 0.05) is 5.56 Å². The highest BCUT2D eigenvalue weighted by Gasteiger charge is 2.16. The molecule has 0 spiro atoms. The molecule has 0 fully saturated rings. The Hall–Kier alpha value is -2.99. The number of ether oxygens (including phenoxy) is 3. The first-order valence-corrected chi connectivity index (χ1v) is 8.63. The lowest BCUT2D eigenvalue weighted by Crippen LogP contribution is -2.22. The molecule has 7 heteroatoms. The standard InChI is InChI=1S/C20H17ClO6/c1-12(20(23)24)27-15-5-3-14(4-6-15)17(22)7-2-13-10-16(21)19-18(11-13)25-8-9-26-19/h2-7,10-12H,8-9H2,1H3,(H,23,24)/b7-2+/t12-/m1/s1. The number of halogens is 1. The third-order valence-electron chi connectivity index (χ3n) is 3.85. The third-order valence-corrected chi connectivity index (χ3v) is 4.13.